The zero-order valence-corrected chi connectivity index (χ0v) is 17.2. The zero-order valence-electron chi connectivity index (χ0n) is 16.4. The second-order valence-electron chi connectivity index (χ2n) is 6.99. The largest absolute Gasteiger partial charge is 0.508 e. The fourth-order valence-electron chi connectivity index (χ4n) is 3.32. The number of alkyl halides is 3. The molecular formula is C23H19F3N2OS. The van der Waals surface area contributed by atoms with Crippen LogP contribution in [0, 0.1) is 6.92 Å². The first kappa shape index (κ1) is 20.2. The summed E-state index contributed by atoms with van der Waals surface area (Å²) >= 11 is 1.48. The Labute approximate surface area is 175 Å². The highest BCUT2D eigenvalue weighted by atomic mass is 32.1. The van der Waals surface area contributed by atoms with Crippen molar-refractivity contribution in [3.8, 4) is 10.6 Å². The molecular weight excluding hydrogens is 409 g/mol. The highest BCUT2D eigenvalue weighted by Crippen LogP contribution is 2.33. The fourth-order valence-corrected chi connectivity index (χ4v) is 4.39. The standard InChI is InChI=1S/C23H19F3N2OS/c1-3-20(29)17-6-9-19-16(12-17)10-11-28(19)13-21-14(2)27-22(30-21)15-4-7-18(8-5-15)23(24,25)26/h3-12,29H,13H2,1-2H3. The highest BCUT2D eigenvalue weighted by Gasteiger charge is 2.30. The van der Waals surface area contributed by atoms with Gasteiger partial charge in [-0.1, -0.05) is 12.1 Å². The van der Waals surface area contributed by atoms with Crippen LogP contribution in [0.15, 0.2) is 60.8 Å². The SMILES string of the molecule is CC=C(O)c1ccc2c(ccn2Cc2sc(-c3ccc(C(F)(F)F)cc3)nc2C)c1. The maximum absolute atomic E-state index is 12.8. The maximum atomic E-state index is 12.8. The van der Waals surface area contributed by atoms with Crippen LogP contribution in [0.2, 0.25) is 0 Å². The van der Waals surface area contributed by atoms with E-state index in [1.54, 1.807) is 13.0 Å². The smallest absolute Gasteiger partial charge is 0.416 e. The van der Waals surface area contributed by atoms with Crippen molar-refractivity contribution < 1.29 is 18.3 Å². The van der Waals surface area contributed by atoms with Gasteiger partial charge in [-0.05, 0) is 56.3 Å². The predicted octanol–water partition coefficient (Wildman–Crippen LogP) is 7.06. The minimum atomic E-state index is -4.35. The van der Waals surface area contributed by atoms with Crippen LogP contribution in [0.5, 0.6) is 0 Å². The van der Waals surface area contributed by atoms with Gasteiger partial charge >= 0.3 is 6.18 Å². The minimum absolute atomic E-state index is 0.240. The van der Waals surface area contributed by atoms with Crippen LogP contribution < -0.4 is 0 Å². The summed E-state index contributed by atoms with van der Waals surface area (Å²) in [6.07, 6.45) is -0.707. The van der Waals surface area contributed by atoms with Crippen molar-refractivity contribution >= 4 is 28.0 Å². The Morgan fingerprint density at radius 3 is 2.53 bits per heavy atom. The Bertz CT molecular complexity index is 1230. The highest BCUT2D eigenvalue weighted by molar-refractivity contribution is 7.15. The van der Waals surface area contributed by atoms with Gasteiger partial charge in [0.15, 0.2) is 0 Å². The number of aromatic nitrogens is 2. The molecule has 2 heterocycles. The van der Waals surface area contributed by atoms with Crippen molar-refractivity contribution in [1.82, 2.24) is 9.55 Å². The number of aliphatic hydroxyl groups is 1. The van der Waals surface area contributed by atoms with Gasteiger partial charge in [-0.2, -0.15) is 13.2 Å². The number of thiazole rings is 1. The molecule has 4 rings (SSSR count). The van der Waals surface area contributed by atoms with Gasteiger partial charge < -0.3 is 9.67 Å². The predicted molar refractivity (Wildman–Crippen MR) is 115 cm³/mol. The lowest BCUT2D eigenvalue weighted by molar-refractivity contribution is -0.137. The van der Waals surface area contributed by atoms with Crippen LogP contribution in [0.3, 0.4) is 0 Å². The van der Waals surface area contributed by atoms with Gasteiger partial charge in [-0.25, -0.2) is 4.98 Å². The van der Waals surface area contributed by atoms with Gasteiger partial charge in [0.05, 0.1) is 17.8 Å². The lowest BCUT2D eigenvalue weighted by atomic mass is 10.1. The monoisotopic (exact) mass is 428 g/mol. The molecule has 1 N–H and O–H groups in total. The number of halogens is 3. The van der Waals surface area contributed by atoms with E-state index in [9.17, 15) is 18.3 Å². The molecule has 0 unspecified atom stereocenters. The molecule has 3 nitrogen and oxygen atoms in total. The normalized spacial score (nSPS) is 12.6. The molecule has 0 aliphatic heterocycles. The van der Waals surface area contributed by atoms with Crippen molar-refractivity contribution in [3.63, 3.8) is 0 Å². The van der Waals surface area contributed by atoms with Crippen LogP contribution >= 0.6 is 11.3 Å². The molecule has 2 aromatic heterocycles. The molecule has 0 aliphatic rings. The molecule has 4 aromatic rings. The average molecular weight is 428 g/mol. The molecule has 154 valence electrons. The number of benzene rings is 2. The Balaban J connectivity index is 1.61. The molecule has 0 spiro atoms. The number of fused-ring (bicyclic) bond motifs is 1. The number of aliphatic hydroxyl groups excluding tert-OH is 1. The molecule has 0 bridgehead atoms. The lowest BCUT2D eigenvalue weighted by Crippen LogP contribution is -2.03. The number of allylic oxidation sites excluding steroid dienone is 1. The second kappa shape index (κ2) is 7.65. The number of hydrogen-bond donors (Lipinski definition) is 1. The average Bonchev–Trinajstić information content (AvgIpc) is 3.30. The van der Waals surface area contributed by atoms with E-state index in [1.165, 1.54) is 23.5 Å². The Hall–Kier alpha value is -3.06. The molecule has 0 aliphatic carbocycles. The summed E-state index contributed by atoms with van der Waals surface area (Å²) < 4.78 is 40.5. The van der Waals surface area contributed by atoms with Gasteiger partial charge in [0.2, 0.25) is 0 Å². The summed E-state index contributed by atoms with van der Waals surface area (Å²) in [6, 6.07) is 12.9. The molecule has 0 radical (unpaired) electrons. The van der Waals surface area contributed by atoms with Crippen molar-refractivity contribution in [2.24, 2.45) is 0 Å². The molecule has 0 fully saturated rings. The molecule has 0 saturated carbocycles. The number of nitrogens with zero attached hydrogens (tertiary/aromatic N) is 2. The third kappa shape index (κ3) is 3.85. The van der Waals surface area contributed by atoms with E-state index in [4.69, 9.17) is 0 Å². The molecule has 2 aromatic carbocycles. The molecule has 0 atom stereocenters. The number of rotatable bonds is 4. The van der Waals surface area contributed by atoms with E-state index in [0.29, 0.717) is 17.1 Å². The van der Waals surface area contributed by atoms with Crippen molar-refractivity contribution in [2.75, 3.05) is 0 Å². The van der Waals surface area contributed by atoms with E-state index in [1.807, 2.05) is 37.4 Å². The van der Waals surface area contributed by atoms with E-state index in [2.05, 4.69) is 9.55 Å². The minimum Gasteiger partial charge on any atom is -0.508 e. The van der Waals surface area contributed by atoms with Gasteiger partial charge in [0.25, 0.3) is 0 Å². The van der Waals surface area contributed by atoms with E-state index in [0.717, 1.165) is 39.2 Å². The van der Waals surface area contributed by atoms with E-state index < -0.39 is 11.7 Å². The Morgan fingerprint density at radius 2 is 1.87 bits per heavy atom. The van der Waals surface area contributed by atoms with Crippen LogP contribution in [-0.2, 0) is 12.7 Å². The molecule has 7 heteroatoms. The third-order valence-corrected chi connectivity index (χ3v) is 6.20. The Morgan fingerprint density at radius 1 is 1.13 bits per heavy atom. The van der Waals surface area contributed by atoms with Gasteiger partial charge in [-0.3, -0.25) is 0 Å². The fraction of sp³-hybridized carbons (Fsp3) is 0.174. The zero-order chi connectivity index (χ0) is 21.5. The lowest BCUT2D eigenvalue weighted by Gasteiger charge is -2.06. The topological polar surface area (TPSA) is 38.0 Å². The van der Waals surface area contributed by atoms with Gasteiger partial charge in [0.1, 0.15) is 10.8 Å². The quantitative estimate of drug-likeness (QED) is 0.353. The molecule has 30 heavy (non-hydrogen) atoms. The Kier molecular flexibility index (Phi) is 5.15. The summed E-state index contributed by atoms with van der Waals surface area (Å²) in [6.45, 7) is 4.31. The van der Waals surface area contributed by atoms with Gasteiger partial charge in [0, 0.05) is 33.1 Å². The van der Waals surface area contributed by atoms with E-state index >= 15 is 0 Å². The van der Waals surface area contributed by atoms with Crippen LogP contribution in [0.25, 0.3) is 27.2 Å². The summed E-state index contributed by atoms with van der Waals surface area (Å²) in [5.74, 6) is 0.240. The molecule has 0 amide bonds. The second-order valence-corrected chi connectivity index (χ2v) is 8.08. The van der Waals surface area contributed by atoms with Crippen LogP contribution in [-0.4, -0.2) is 14.7 Å². The van der Waals surface area contributed by atoms with E-state index in [-0.39, 0.29) is 5.76 Å². The first-order valence-corrected chi connectivity index (χ1v) is 10.2. The number of hydrogen-bond acceptors (Lipinski definition) is 3. The summed E-state index contributed by atoms with van der Waals surface area (Å²) in [4.78, 5) is 5.61. The number of aryl methyl sites for hydroxylation is 1. The van der Waals surface area contributed by atoms with Crippen molar-refractivity contribution in [3.05, 3.63) is 82.5 Å². The third-order valence-electron chi connectivity index (χ3n) is 5.01. The van der Waals surface area contributed by atoms with Crippen molar-refractivity contribution in [1.29, 1.82) is 0 Å². The maximum Gasteiger partial charge on any atom is 0.416 e. The van der Waals surface area contributed by atoms with Gasteiger partial charge in [-0.15, -0.1) is 11.3 Å². The first-order chi connectivity index (χ1) is 14.3. The summed E-state index contributed by atoms with van der Waals surface area (Å²) in [7, 11) is 0. The first-order valence-electron chi connectivity index (χ1n) is 9.35. The van der Waals surface area contributed by atoms with Crippen LogP contribution in [0.4, 0.5) is 13.2 Å². The summed E-state index contributed by atoms with van der Waals surface area (Å²) in [5, 5.41) is 11.6. The summed E-state index contributed by atoms with van der Waals surface area (Å²) in [5.41, 5.74) is 2.67. The van der Waals surface area contributed by atoms with Crippen molar-refractivity contribution in [2.45, 2.75) is 26.6 Å². The van der Waals surface area contributed by atoms with Crippen LogP contribution in [0.1, 0.15) is 28.6 Å². The molecule has 0 saturated heterocycles.